The van der Waals surface area contributed by atoms with Crippen molar-refractivity contribution in [1.29, 1.82) is 0 Å². The molecule has 18 heavy (non-hydrogen) atoms. The highest BCUT2D eigenvalue weighted by Crippen LogP contribution is 2.17. The third-order valence-corrected chi connectivity index (χ3v) is 3.26. The molecule has 2 amide bonds. The highest BCUT2D eigenvalue weighted by Gasteiger charge is 2.16. The van der Waals surface area contributed by atoms with E-state index >= 15 is 0 Å². The Morgan fingerprint density at radius 1 is 1.22 bits per heavy atom. The van der Waals surface area contributed by atoms with Crippen molar-refractivity contribution >= 4 is 11.7 Å². The van der Waals surface area contributed by atoms with Crippen molar-refractivity contribution in [3.63, 3.8) is 0 Å². The van der Waals surface area contributed by atoms with Gasteiger partial charge in [0, 0.05) is 13.1 Å². The first-order valence-electron chi connectivity index (χ1n) is 6.49. The van der Waals surface area contributed by atoms with Crippen LogP contribution in [0, 0.1) is 12.7 Å². The summed E-state index contributed by atoms with van der Waals surface area (Å²) in [4.78, 5) is 13.8. The van der Waals surface area contributed by atoms with Crippen molar-refractivity contribution in [2.24, 2.45) is 0 Å². The van der Waals surface area contributed by atoms with Crippen molar-refractivity contribution in [1.82, 2.24) is 4.90 Å². The molecular formula is C14H19FN2O. The van der Waals surface area contributed by atoms with Gasteiger partial charge in [-0.25, -0.2) is 9.18 Å². The van der Waals surface area contributed by atoms with Gasteiger partial charge in [0.05, 0.1) is 5.69 Å². The van der Waals surface area contributed by atoms with Gasteiger partial charge in [0.1, 0.15) is 5.82 Å². The molecule has 0 saturated carbocycles. The Morgan fingerprint density at radius 2 is 1.89 bits per heavy atom. The fourth-order valence-electron chi connectivity index (χ4n) is 2.19. The number of amides is 2. The van der Waals surface area contributed by atoms with Crippen LogP contribution >= 0.6 is 0 Å². The van der Waals surface area contributed by atoms with E-state index in [1.165, 1.54) is 18.9 Å². The van der Waals surface area contributed by atoms with Gasteiger partial charge < -0.3 is 10.2 Å². The van der Waals surface area contributed by atoms with Gasteiger partial charge in [-0.15, -0.1) is 0 Å². The molecule has 0 radical (unpaired) electrons. The van der Waals surface area contributed by atoms with Gasteiger partial charge in [-0.05, 0) is 37.5 Å². The number of anilines is 1. The van der Waals surface area contributed by atoms with Crippen molar-refractivity contribution in [2.45, 2.75) is 32.6 Å². The smallest absolute Gasteiger partial charge is 0.321 e. The van der Waals surface area contributed by atoms with E-state index in [9.17, 15) is 9.18 Å². The van der Waals surface area contributed by atoms with E-state index in [0.717, 1.165) is 31.5 Å². The number of hydrogen-bond donors (Lipinski definition) is 1. The van der Waals surface area contributed by atoms with Gasteiger partial charge >= 0.3 is 6.03 Å². The maximum atomic E-state index is 13.6. The van der Waals surface area contributed by atoms with E-state index < -0.39 is 0 Å². The topological polar surface area (TPSA) is 32.3 Å². The summed E-state index contributed by atoms with van der Waals surface area (Å²) in [7, 11) is 0. The molecule has 4 heteroatoms. The van der Waals surface area contributed by atoms with Gasteiger partial charge in [-0.3, -0.25) is 0 Å². The van der Waals surface area contributed by atoms with Gasteiger partial charge in [-0.1, -0.05) is 18.9 Å². The molecule has 0 aromatic heterocycles. The zero-order valence-corrected chi connectivity index (χ0v) is 10.7. The van der Waals surface area contributed by atoms with Crippen LogP contribution in [0.15, 0.2) is 18.2 Å². The minimum atomic E-state index is -0.377. The van der Waals surface area contributed by atoms with E-state index in [0.29, 0.717) is 0 Å². The van der Waals surface area contributed by atoms with E-state index in [2.05, 4.69) is 5.32 Å². The summed E-state index contributed by atoms with van der Waals surface area (Å²) in [5, 5.41) is 2.65. The van der Waals surface area contributed by atoms with Crippen LogP contribution in [0.3, 0.4) is 0 Å². The van der Waals surface area contributed by atoms with E-state index in [1.54, 1.807) is 17.0 Å². The molecule has 1 fully saturated rings. The average molecular weight is 250 g/mol. The third-order valence-electron chi connectivity index (χ3n) is 3.26. The first-order valence-corrected chi connectivity index (χ1v) is 6.49. The first-order chi connectivity index (χ1) is 8.66. The molecule has 1 saturated heterocycles. The molecule has 0 spiro atoms. The number of aryl methyl sites for hydroxylation is 1. The molecule has 0 unspecified atom stereocenters. The Bertz CT molecular complexity index is 426. The minimum absolute atomic E-state index is 0.195. The van der Waals surface area contributed by atoms with Crippen LogP contribution in [0.5, 0.6) is 0 Å². The fourth-order valence-corrected chi connectivity index (χ4v) is 2.19. The Kier molecular flexibility index (Phi) is 4.18. The van der Waals surface area contributed by atoms with Crippen molar-refractivity contribution in [3.8, 4) is 0 Å². The maximum Gasteiger partial charge on any atom is 0.321 e. The van der Waals surface area contributed by atoms with Gasteiger partial charge in [0.25, 0.3) is 0 Å². The number of nitrogens with zero attached hydrogens (tertiary/aromatic N) is 1. The number of nitrogens with one attached hydrogen (secondary N) is 1. The quantitative estimate of drug-likeness (QED) is 0.812. The zero-order valence-electron chi connectivity index (χ0n) is 10.7. The number of hydrogen-bond acceptors (Lipinski definition) is 1. The summed E-state index contributed by atoms with van der Waals surface area (Å²) in [5.74, 6) is -0.377. The molecule has 98 valence electrons. The molecular weight excluding hydrogens is 231 g/mol. The summed E-state index contributed by atoms with van der Waals surface area (Å²) < 4.78 is 13.6. The summed E-state index contributed by atoms with van der Waals surface area (Å²) in [6.07, 6.45) is 4.40. The number of carbonyl (C=O) groups excluding carboxylic acids is 1. The lowest BCUT2D eigenvalue weighted by Gasteiger charge is -2.21. The lowest BCUT2D eigenvalue weighted by Crippen LogP contribution is -2.35. The summed E-state index contributed by atoms with van der Waals surface area (Å²) in [6.45, 7) is 3.35. The van der Waals surface area contributed by atoms with Crippen LogP contribution in [0.2, 0.25) is 0 Å². The highest BCUT2D eigenvalue weighted by atomic mass is 19.1. The molecule has 1 aromatic rings. The van der Waals surface area contributed by atoms with Crippen molar-refractivity contribution in [3.05, 3.63) is 29.6 Å². The Labute approximate surface area is 107 Å². The largest absolute Gasteiger partial charge is 0.325 e. The molecule has 0 atom stereocenters. The summed E-state index contributed by atoms with van der Waals surface area (Å²) >= 11 is 0. The molecule has 0 bridgehead atoms. The Balaban J connectivity index is 2.01. The molecule has 1 N–H and O–H groups in total. The lowest BCUT2D eigenvalue weighted by atomic mass is 10.2. The van der Waals surface area contributed by atoms with Gasteiger partial charge in [0.15, 0.2) is 0 Å². The number of benzene rings is 1. The summed E-state index contributed by atoms with van der Waals surface area (Å²) in [5.41, 5.74) is 1.11. The second-order valence-electron chi connectivity index (χ2n) is 4.81. The number of urea groups is 1. The van der Waals surface area contributed by atoms with Crippen molar-refractivity contribution < 1.29 is 9.18 Å². The predicted octanol–water partition coefficient (Wildman–Crippen LogP) is 3.54. The number of carbonyl (C=O) groups is 1. The van der Waals surface area contributed by atoms with E-state index in [-0.39, 0.29) is 17.5 Å². The predicted molar refractivity (Wildman–Crippen MR) is 70.2 cm³/mol. The van der Waals surface area contributed by atoms with Crippen LogP contribution in [-0.4, -0.2) is 24.0 Å². The zero-order chi connectivity index (χ0) is 13.0. The van der Waals surface area contributed by atoms with Crippen LogP contribution in [0.1, 0.15) is 31.2 Å². The van der Waals surface area contributed by atoms with Crippen LogP contribution in [-0.2, 0) is 0 Å². The SMILES string of the molecule is Cc1ccc(NC(=O)N2CCCCCC2)c(F)c1. The fraction of sp³-hybridized carbons (Fsp3) is 0.500. The van der Waals surface area contributed by atoms with Gasteiger partial charge in [-0.2, -0.15) is 0 Å². The van der Waals surface area contributed by atoms with E-state index in [4.69, 9.17) is 0 Å². The second-order valence-corrected chi connectivity index (χ2v) is 4.81. The normalized spacial score (nSPS) is 16.2. The van der Waals surface area contributed by atoms with Crippen LogP contribution in [0.25, 0.3) is 0 Å². The number of likely N-dealkylation sites (tertiary alicyclic amines) is 1. The highest BCUT2D eigenvalue weighted by molar-refractivity contribution is 5.89. The van der Waals surface area contributed by atoms with Crippen LogP contribution < -0.4 is 5.32 Å². The molecule has 1 aliphatic heterocycles. The molecule has 1 aromatic carbocycles. The Hall–Kier alpha value is -1.58. The monoisotopic (exact) mass is 250 g/mol. The third kappa shape index (κ3) is 3.22. The van der Waals surface area contributed by atoms with Gasteiger partial charge in [0.2, 0.25) is 0 Å². The lowest BCUT2D eigenvalue weighted by molar-refractivity contribution is 0.213. The maximum absolute atomic E-state index is 13.6. The number of rotatable bonds is 1. The molecule has 1 heterocycles. The van der Waals surface area contributed by atoms with Crippen molar-refractivity contribution in [2.75, 3.05) is 18.4 Å². The molecule has 1 aliphatic rings. The average Bonchev–Trinajstić information content (AvgIpc) is 2.61. The molecule has 2 rings (SSSR count). The van der Waals surface area contributed by atoms with Crippen LogP contribution in [0.4, 0.5) is 14.9 Å². The second kappa shape index (κ2) is 5.85. The molecule has 3 nitrogen and oxygen atoms in total. The molecule has 0 aliphatic carbocycles. The first kappa shape index (κ1) is 12.9. The standard InChI is InChI=1S/C14H19FN2O/c1-11-6-7-13(12(15)10-11)16-14(18)17-8-4-2-3-5-9-17/h6-7,10H,2-5,8-9H2,1H3,(H,16,18). The minimum Gasteiger partial charge on any atom is -0.325 e. The number of halogens is 1. The van der Waals surface area contributed by atoms with E-state index in [1.807, 2.05) is 6.92 Å². The Morgan fingerprint density at radius 3 is 2.50 bits per heavy atom. The summed E-state index contributed by atoms with van der Waals surface area (Å²) in [6, 6.07) is 4.64.